The first kappa shape index (κ1) is 21.5. The second kappa shape index (κ2) is 11.1. The average molecular weight is 398 g/mol. The van der Waals surface area contributed by atoms with Crippen LogP contribution in [0.5, 0.6) is 5.75 Å². The Morgan fingerprint density at radius 3 is 2.66 bits per heavy atom. The monoisotopic (exact) mass is 398 g/mol. The van der Waals surface area contributed by atoms with Crippen LogP contribution in [0.3, 0.4) is 0 Å². The highest BCUT2D eigenvalue weighted by Crippen LogP contribution is 2.14. The first-order valence-corrected chi connectivity index (χ1v) is 8.72. The van der Waals surface area contributed by atoms with E-state index in [2.05, 4.69) is 25.5 Å². The molecule has 0 saturated carbocycles. The maximum atomic E-state index is 12.3. The Kier molecular flexibility index (Phi) is 8.27. The van der Waals surface area contributed by atoms with Gasteiger partial charge in [-0.2, -0.15) is 5.10 Å². The molecule has 0 atom stereocenters. The van der Waals surface area contributed by atoms with E-state index in [-0.39, 0.29) is 12.5 Å². The largest absolute Gasteiger partial charge is 0.492 e. The minimum absolute atomic E-state index is 0.222. The predicted molar refractivity (Wildman–Crippen MR) is 105 cm³/mol. The number of hydrogen-bond acceptors (Lipinski definition) is 7. The van der Waals surface area contributed by atoms with Gasteiger partial charge in [-0.15, -0.1) is 0 Å². The van der Waals surface area contributed by atoms with Gasteiger partial charge in [0, 0.05) is 37.0 Å². The Hall–Kier alpha value is -3.79. The minimum atomic E-state index is -0.833. The van der Waals surface area contributed by atoms with Crippen LogP contribution in [-0.4, -0.2) is 50.3 Å². The van der Waals surface area contributed by atoms with Crippen molar-refractivity contribution in [1.82, 2.24) is 25.5 Å². The molecule has 0 spiro atoms. The van der Waals surface area contributed by atoms with Gasteiger partial charge >= 0.3 is 0 Å². The Bertz CT molecular complexity index is 925. The Morgan fingerprint density at radius 2 is 1.97 bits per heavy atom. The van der Waals surface area contributed by atoms with E-state index in [0.717, 1.165) is 12.5 Å². The summed E-state index contributed by atoms with van der Waals surface area (Å²) in [5.41, 5.74) is 6.76. The van der Waals surface area contributed by atoms with Gasteiger partial charge in [-0.1, -0.05) is 6.07 Å². The molecule has 0 radical (unpaired) electrons. The second-order valence-electron chi connectivity index (χ2n) is 5.71. The van der Waals surface area contributed by atoms with Crippen molar-refractivity contribution in [2.24, 2.45) is 5.73 Å². The molecule has 10 nitrogen and oxygen atoms in total. The highest BCUT2D eigenvalue weighted by atomic mass is 16.5. The number of H-pyrrole nitrogens is 1. The molecule has 1 amide bonds. The third-order valence-corrected chi connectivity index (χ3v) is 3.37. The van der Waals surface area contributed by atoms with E-state index >= 15 is 0 Å². The third-order valence-electron chi connectivity index (χ3n) is 3.37. The van der Waals surface area contributed by atoms with Crippen LogP contribution in [0, 0.1) is 0 Å². The van der Waals surface area contributed by atoms with Crippen molar-refractivity contribution in [2.45, 2.75) is 13.5 Å². The molecule has 0 aliphatic heterocycles. The summed E-state index contributed by atoms with van der Waals surface area (Å²) in [7, 11) is 0. The molecule has 0 unspecified atom stereocenters. The lowest BCUT2D eigenvalue weighted by Crippen LogP contribution is -2.23. The lowest BCUT2D eigenvalue weighted by Gasteiger charge is -2.07. The first-order chi connectivity index (χ1) is 14.0. The number of carbonyl (C=O) groups excluding carboxylic acids is 1. The zero-order valence-corrected chi connectivity index (χ0v) is 15.8. The molecular formula is C19H22N6O4. The van der Waals surface area contributed by atoms with Gasteiger partial charge in [-0.05, 0) is 30.3 Å². The van der Waals surface area contributed by atoms with Gasteiger partial charge in [0.05, 0.1) is 6.54 Å². The summed E-state index contributed by atoms with van der Waals surface area (Å²) >= 11 is 0. The number of nitrogens with zero attached hydrogens (tertiary/aromatic N) is 3. The van der Waals surface area contributed by atoms with Crippen LogP contribution in [0.25, 0.3) is 11.4 Å². The quantitative estimate of drug-likeness (QED) is 0.463. The standard InChI is InChI=1S/C17H18N6O2.C2H4O2/c18-6-9-25-14-3-1-2-13(10-14)17(24)20-11-15-21-16(23-22-15)12-4-7-19-8-5-12;1-2(3)4/h1-5,7-8,10H,6,9,11,18H2,(H,20,24)(H,21,22,23);1H3,(H,3,4). The molecular weight excluding hydrogens is 376 g/mol. The summed E-state index contributed by atoms with van der Waals surface area (Å²) in [6, 6.07) is 10.6. The van der Waals surface area contributed by atoms with Crippen LogP contribution in [-0.2, 0) is 11.3 Å². The molecule has 1 aromatic carbocycles. The predicted octanol–water partition coefficient (Wildman–Crippen LogP) is 1.23. The number of ether oxygens (including phenoxy) is 1. The molecule has 0 aliphatic rings. The van der Waals surface area contributed by atoms with Crippen LogP contribution in [0.1, 0.15) is 23.1 Å². The summed E-state index contributed by atoms with van der Waals surface area (Å²) in [4.78, 5) is 29.6. The van der Waals surface area contributed by atoms with Crippen molar-refractivity contribution in [1.29, 1.82) is 0 Å². The maximum Gasteiger partial charge on any atom is 0.300 e. The van der Waals surface area contributed by atoms with E-state index in [0.29, 0.717) is 36.1 Å². The average Bonchev–Trinajstić information content (AvgIpc) is 3.20. The van der Waals surface area contributed by atoms with Crippen LogP contribution in [0.15, 0.2) is 48.8 Å². The molecule has 0 fully saturated rings. The topological polar surface area (TPSA) is 156 Å². The van der Waals surface area contributed by atoms with E-state index in [1.807, 2.05) is 12.1 Å². The number of aromatic amines is 1. The number of carboxylic acid groups (broad SMARTS) is 1. The molecule has 3 rings (SSSR count). The molecule has 10 heteroatoms. The SMILES string of the molecule is CC(=O)O.NCCOc1cccc(C(=O)NCc2nc(-c3ccncc3)n[nH]2)c1. The van der Waals surface area contributed by atoms with Gasteiger partial charge in [0.2, 0.25) is 0 Å². The third kappa shape index (κ3) is 7.39. The fourth-order valence-electron chi connectivity index (χ4n) is 2.17. The van der Waals surface area contributed by atoms with Crippen LogP contribution < -0.4 is 15.8 Å². The zero-order chi connectivity index (χ0) is 21.1. The number of hydrogen-bond donors (Lipinski definition) is 4. The molecule has 5 N–H and O–H groups in total. The van der Waals surface area contributed by atoms with Gasteiger partial charge < -0.3 is 20.9 Å². The molecule has 0 saturated heterocycles. The molecule has 152 valence electrons. The van der Waals surface area contributed by atoms with E-state index in [4.69, 9.17) is 20.4 Å². The number of aromatic nitrogens is 4. The summed E-state index contributed by atoms with van der Waals surface area (Å²) < 4.78 is 5.42. The summed E-state index contributed by atoms with van der Waals surface area (Å²) in [6.45, 7) is 2.15. The van der Waals surface area contributed by atoms with Gasteiger partial charge in [-0.25, -0.2) is 4.98 Å². The van der Waals surface area contributed by atoms with E-state index < -0.39 is 5.97 Å². The number of benzene rings is 1. The van der Waals surface area contributed by atoms with Gasteiger partial charge in [0.25, 0.3) is 11.9 Å². The highest BCUT2D eigenvalue weighted by molar-refractivity contribution is 5.94. The zero-order valence-electron chi connectivity index (χ0n) is 15.8. The number of carboxylic acids is 1. The highest BCUT2D eigenvalue weighted by Gasteiger charge is 2.09. The number of nitrogens with one attached hydrogen (secondary N) is 2. The van der Waals surface area contributed by atoms with Crippen LogP contribution >= 0.6 is 0 Å². The van der Waals surface area contributed by atoms with Gasteiger partial charge in [0.15, 0.2) is 5.82 Å². The van der Waals surface area contributed by atoms with Crippen molar-refractivity contribution in [3.63, 3.8) is 0 Å². The number of nitrogens with two attached hydrogens (primary N) is 1. The van der Waals surface area contributed by atoms with Gasteiger partial charge in [0.1, 0.15) is 18.2 Å². The lowest BCUT2D eigenvalue weighted by atomic mass is 10.2. The number of pyridine rings is 1. The number of amides is 1. The second-order valence-corrected chi connectivity index (χ2v) is 5.71. The summed E-state index contributed by atoms with van der Waals surface area (Å²) in [6.07, 6.45) is 3.35. The minimum Gasteiger partial charge on any atom is -0.492 e. The van der Waals surface area contributed by atoms with Crippen LogP contribution in [0.2, 0.25) is 0 Å². The summed E-state index contributed by atoms with van der Waals surface area (Å²) in [5.74, 6) is 0.678. The van der Waals surface area contributed by atoms with Crippen molar-refractivity contribution in [3.05, 3.63) is 60.2 Å². The molecule has 3 aromatic rings. The van der Waals surface area contributed by atoms with Crippen molar-refractivity contribution < 1.29 is 19.4 Å². The fraction of sp³-hybridized carbons (Fsp3) is 0.211. The first-order valence-electron chi connectivity index (χ1n) is 8.72. The molecule has 2 aromatic heterocycles. The van der Waals surface area contributed by atoms with Crippen molar-refractivity contribution >= 4 is 11.9 Å². The number of carbonyl (C=O) groups is 2. The van der Waals surface area contributed by atoms with Crippen molar-refractivity contribution in [2.75, 3.05) is 13.2 Å². The van der Waals surface area contributed by atoms with E-state index in [1.54, 1.807) is 36.7 Å². The molecule has 0 bridgehead atoms. The van der Waals surface area contributed by atoms with Gasteiger partial charge in [-0.3, -0.25) is 19.7 Å². The van der Waals surface area contributed by atoms with E-state index in [9.17, 15) is 4.79 Å². The Labute approximate surface area is 167 Å². The molecule has 0 aliphatic carbocycles. The van der Waals surface area contributed by atoms with Crippen molar-refractivity contribution in [3.8, 4) is 17.1 Å². The Morgan fingerprint density at radius 1 is 1.24 bits per heavy atom. The summed E-state index contributed by atoms with van der Waals surface area (Å²) in [5, 5.41) is 17.2. The Balaban J connectivity index is 0.000000687. The lowest BCUT2D eigenvalue weighted by molar-refractivity contribution is -0.134. The van der Waals surface area contributed by atoms with Crippen LogP contribution in [0.4, 0.5) is 0 Å². The smallest absolute Gasteiger partial charge is 0.300 e. The molecule has 2 heterocycles. The normalized spacial score (nSPS) is 9.86. The maximum absolute atomic E-state index is 12.3. The fourth-order valence-corrected chi connectivity index (χ4v) is 2.17. The number of rotatable bonds is 7. The van der Waals surface area contributed by atoms with E-state index in [1.165, 1.54) is 0 Å². The number of aliphatic carboxylic acids is 1. The molecule has 29 heavy (non-hydrogen) atoms.